The van der Waals surface area contributed by atoms with Crippen molar-refractivity contribution in [3.05, 3.63) is 127 Å². The van der Waals surface area contributed by atoms with Gasteiger partial charge in [-0.15, -0.1) is 0 Å². The van der Waals surface area contributed by atoms with Crippen LogP contribution in [0.15, 0.2) is 127 Å². The fraction of sp³-hybridized carbons (Fsp3) is 0. The summed E-state index contributed by atoms with van der Waals surface area (Å²) in [7, 11) is 6.33. The molecule has 0 saturated heterocycles. The van der Waals surface area contributed by atoms with Crippen LogP contribution in [0.1, 0.15) is 0 Å². The Morgan fingerprint density at radius 1 is 0.290 bits per heavy atom. The lowest BCUT2D eigenvalue weighted by Crippen LogP contribution is -2.02. The van der Waals surface area contributed by atoms with Gasteiger partial charge in [-0.3, -0.25) is 0 Å². The molecule has 0 aliphatic rings. The average molecular weight is 392 g/mol. The minimum absolute atomic E-state index is 0.766. The summed E-state index contributed by atoms with van der Waals surface area (Å²) in [5, 5.41) is 0. The van der Waals surface area contributed by atoms with E-state index in [0.29, 0.717) is 0 Å². The maximum atomic E-state index is 6.33. The van der Waals surface area contributed by atoms with E-state index in [1.165, 1.54) is 22.3 Å². The molecule has 0 atom stereocenters. The molecule has 0 heterocycles. The van der Waals surface area contributed by atoms with Crippen molar-refractivity contribution >= 4 is 13.3 Å². The summed E-state index contributed by atoms with van der Waals surface area (Å²) in [4.78, 5) is 0. The molecule has 0 spiro atoms. The molecule has 0 amide bonds. The van der Waals surface area contributed by atoms with Gasteiger partial charge in [0.15, 0.2) is 0 Å². The van der Waals surface area contributed by atoms with Crippen molar-refractivity contribution in [2.45, 2.75) is 0 Å². The summed E-state index contributed by atoms with van der Waals surface area (Å²) in [6.07, 6.45) is 0. The van der Waals surface area contributed by atoms with Gasteiger partial charge in [-0.2, -0.15) is 0 Å². The van der Waals surface area contributed by atoms with Crippen LogP contribution in [-0.4, -0.2) is 7.85 Å². The van der Waals surface area contributed by atoms with Gasteiger partial charge >= 0.3 is 0 Å². The van der Waals surface area contributed by atoms with Gasteiger partial charge in [-0.05, 0) is 62.7 Å². The monoisotopic (exact) mass is 392 g/mol. The quantitative estimate of drug-likeness (QED) is 0.285. The Kier molecular flexibility index (Phi) is 5.25. The SMILES string of the molecule is [B]c1cc(-c2cccc(-c3ccccc3)c2)cc(-c2cccc(-c3ccccc3)c2)c1. The Hall–Kier alpha value is -3.84. The molecule has 5 aromatic rings. The van der Waals surface area contributed by atoms with Crippen molar-refractivity contribution in [2.75, 3.05) is 0 Å². The molecule has 0 fully saturated rings. The fourth-order valence-corrected chi connectivity index (χ4v) is 4.00. The minimum atomic E-state index is 0.766. The zero-order valence-corrected chi connectivity index (χ0v) is 17.2. The van der Waals surface area contributed by atoms with Crippen LogP contribution in [0, 0.1) is 0 Å². The molecular weight excluding hydrogens is 371 g/mol. The van der Waals surface area contributed by atoms with Gasteiger partial charge < -0.3 is 0 Å². The molecule has 0 N–H and O–H groups in total. The first-order valence-electron chi connectivity index (χ1n) is 10.5. The van der Waals surface area contributed by atoms with Gasteiger partial charge in [0.05, 0.1) is 0 Å². The summed E-state index contributed by atoms with van der Waals surface area (Å²) in [5.41, 5.74) is 10.2. The van der Waals surface area contributed by atoms with E-state index in [0.717, 1.165) is 27.7 Å². The third-order valence-electron chi connectivity index (χ3n) is 5.56. The zero-order chi connectivity index (χ0) is 21.0. The Labute approximate surface area is 185 Å². The number of hydrogen-bond donors (Lipinski definition) is 0. The predicted octanol–water partition coefficient (Wildman–Crippen LogP) is 7.15. The van der Waals surface area contributed by atoms with Crippen molar-refractivity contribution < 1.29 is 0 Å². The Morgan fingerprint density at radius 2 is 0.613 bits per heavy atom. The van der Waals surface area contributed by atoms with Crippen LogP contribution in [0.2, 0.25) is 0 Å². The summed E-state index contributed by atoms with van der Waals surface area (Å²) in [6, 6.07) is 44.5. The van der Waals surface area contributed by atoms with E-state index < -0.39 is 0 Å². The molecule has 0 bridgehead atoms. The topological polar surface area (TPSA) is 0 Å². The van der Waals surface area contributed by atoms with Gasteiger partial charge in [-0.1, -0.05) is 115 Å². The van der Waals surface area contributed by atoms with Crippen LogP contribution in [0.25, 0.3) is 44.5 Å². The van der Waals surface area contributed by atoms with Crippen molar-refractivity contribution in [1.82, 2.24) is 0 Å². The van der Waals surface area contributed by atoms with Crippen molar-refractivity contribution in [1.29, 1.82) is 0 Å². The lowest BCUT2D eigenvalue weighted by molar-refractivity contribution is 1.57. The third kappa shape index (κ3) is 4.22. The first-order chi connectivity index (χ1) is 15.3. The number of rotatable bonds is 4. The van der Waals surface area contributed by atoms with Crippen LogP contribution in [-0.2, 0) is 0 Å². The van der Waals surface area contributed by atoms with E-state index in [1.54, 1.807) is 0 Å². The second kappa shape index (κ2) is 8.49. The molecule has 144 valence electrons. The first kappa shape index (κ1) is 19.1. The molecule has 2 radical (unpaired) electrons. The molecule has 0 aromatic heterocycles. The van der Waals surface area contributed by atoms with Crippen LogP contribution < -0.4 is 5.46 Å². The summed E-state index contributed by atoms with van der Waals surface area (Å²) in [6.45, 7) is 0. The molecule has 0 saturated carbocycles. The maximum absolute atomic E-state index is 6.33. The molecule has 1 heteroatoms. The highest BCUT2D eigenvalue weighted by molar-refractivity contribution is 6.33. The van der Waals surface area contributed by atoms with E-state index >= 15 is 0 Å². The molecule has 0 nitrogen and oxygen atoms in total. The summed E-state index contributed by atoms with van der Waals surface area (Å²) in [5.74, 6) is 0. The second-order valence-corrected chi connectivity index (χ2v) is 7.74. The summed E-state index contributed by atoms with van der Waals surface area (Å²) < 4.78 is 0. The molecular formula is C30H21B. The molecule has 5 aromatic carbocycles. The average Bonchev–Trinajstić information content (AvgIpc) is 2.85. The van der Waals surface area contributed by atoms with E-state index in [2.05, 4.69) is 115 Å². The van der Waals surface area contributed by atoms with Crippen LogP contribution in [0.5, 0.6) is 0 Å². The lowest BCUT2D eigenvalue weighted by atomic mass is 9.87. The van der Waals surface area contributed by atoms with Gasteiger partial charge in [0.2, 0.25) is 0 Å². The highest BCUT2D eigenvalue weighted by Gasteiger charge is 2.07. The third-order valence-corrected chi connectivity index (χ3v) is 5.56. The second-order valence-electron chi connectivity index (χ2n) is 7.74. The van der Waals surface area contributed by atoms with E-state index in [1.807, 2.05) is 12.1 Å². The van der Waals surface area contributed by atoms with Crippen LogP contribution >= 0.6 is 0 Å². The zero-order valence-electron chi connectivity index (χ0n) is 17.2. The van der Waals surface area contributed by atoms with E-state index in [9.17, 15) is 0 Å². The fourth-order valence-electron chi connectivity index (χ4n) is 4.00. The van der Waals surface area contributed by atoms with Gasteiger partial charge in [0, 0.05) is 0 Å². The smallest absolute Gasteiger partial charge is 0.0955 e. The highest BCUT2D eigenvalue weighted by Crippen LogP contribution is 2.31. The Balaban J connectivity index is 1.56. The van der Waals surface area contributed by atoms with Crippen LogP contribution in [0.4, 0.5) is 0 Å². The van der Waals surface area contributed by atoms with E-state index in [4.69, 9.17) is 7.85 Å². The van der Waals surface area contributed by atoms with Crippen molar-refractivity contribution in [3.8, 4) is 44.5 Å². The first-order valence-corrected chi connectivity index (χ1v) is 10.5. The Bertz CT molecular complexity index is 1220. The van der Waals surface area contributed by atoms with Crippen molar-refractivity contribution in [2.24, 2.45) is 0 Å². The van der Waals surface area contributed by atoms with Gasteiger partial charge in [0.25, 0.3) is 0 Å². The Morgan fingerprint density at radius 3 is 1.03 bits per heavy atom. The summed E-state index contributed by atoms with van der Waals surface area (Å²) >= 11 is 0. The van der Waals surface area contributed by atoms with Crippen LogP contribution in [0.3, 0.4) is 0 Å². The molecule has 0 aliphatic heterocycles. The lowest BCUT2D eigenvalue weighted by Gasteiger charge is -2.11. The van der Waals surface area contributed by atoms with E-state index in [-0.39, 0.29) is 0 Å². The molecule has 5 rings (SSSR count). The molecule has 31 heavy (non-hydrogen) atoms. The minimum Gasteiger partial charge on any atom is -0.0955 e. The highest BCUT2D eigenvalue weighted by atomic mass is 14.1. The van der Waals surface area contributed by atoms with Gasteiger partial charge in [-0.25, -0.2) is 0 Å². The maximum Gasteiger partial charge on any atom is 0.113 e. The van der Waals surface area contributed by atoms with Gasteiger partial charge in [0.1, 0.15) is 7.85 Å². The molecule has 0 unspecified atom stereocenters. The standard InChI is InChI=1S/C30H21B/c31-30-20-28(26-15-7-13-24(17-26)22-9-3-1-4-10-22)19-29(21-30)27-16-8-14-25(18-27)23-11-5-2-6-12-23/h1-21H. The van der Waals surface area contributed by atoms with Crippen molar-refractivity contribution in [3.63, 3.8) is 0 Å². The molecule has 0 aliphatic carbocycles. The number of hydrogen-bond acceptors (Lipinski definition) is 0. The largest absolute Gasteiger partial charge is 0.113 e. The number of benzene rings is 5. The normalized spacial score (nSPS) is 10.7. The predicted molar refractivity (Wildman–Crippen MR) is 134 cm³/mol.